The van der Waals surface area contributed by atoms with Crippen molar-refractivity contribution in [3.8, 4) is 6.07 Å². The Morgan fingerprint density at radius 3 is 2.93 bits per heavy atom. The van der Waals surface area contributed by atoms with Crippen molar-refractivity contribution in [2.45, 2.75) is 6.42 Å². The molecule has 0 radical (unpaired) electrons. The largest absolute Gasteiger partial charge is 0.264 e. The first-order chi connectivity index (χ1) is 6.83. The maximum absolute atomic E-state index is 13.3. The smallest absolute Gasteiger partial charge is 0.132 e. The number of hydrogen-bond acceptors (Lipinski definition) is 2. The predicted octanol–water partition coefficient (Wildman–Crippen LogP) is 2.44. The molecule has 0 aliphatic heterocycles. The summed E-state index contributed by atoms with van der Waals surface area (Å²) in [6.07, 6.45) is 3.34. The van der Waals surface area contributed by atoms with Gasteiger partial charge in [0.2, 0.25) is 0 Å². The molecule has 14 heavy (non-hydrogen) atoms. The molecule has 0 spiro atoms. The van der Waals surface area contributed by atoms with Crippen LogP contribution in [0.2, 0.25) is 0 Å². The van der Waals surface area contributed by atoms with Crippen LogP contribution in [0.4, 0.5) is 4.39 Å². The number of fused-ring (bicyclic) bond motifs is 1. The average molecular weight is 186 g/mol. The van der Waals surface area contributed by atoms with Crippen molar-refractivity contribution < 1.29 is 4.39 Å². The summed E-state index contributed by atoms with van der Waals surface area (Å²) in [5, 5.41) is 9.81. The minimum atomic E-state index is -0.296. The number of nitriles is 1. The second kappa shape index (κ2) is 3.43. The van der Waals surface area contributed by atoms with E-state index in [1.165, 1.54) is 12.3 Å². The Bertz CT molecular complexity index is 514. The van der Waals surface area contributed by atoms with Gasteiger partial charge in [0.05, 0.1) is 12.5 Å². The van der Waals surface area contributed by atoms with Crippen LogP contribution in [0.5, 0.6) is 0 Å². The van der Waals surface area contributed by atoms with Gasteiger partial charge in [-0.05, 0) is 17.0 Å². The third-order valence-electron chi connectivity index (χ3n) is 2.10. The second-order valence-electron chi connectivity index (χ2n) is 2.97. The number of pyridine rings is 1. The van der Waals surface area contributed by atoms with E-state index in [1.807, 2.05) is 6.07 Å². The standard InChI is InChI=1S/C11H7FN2/c12-11-3-1-2-9-8(4-5-13)6-14-7-10(9)11/h1-3,6-7H,4H2. The highest BCUT2D eigenvalue weighted by molar-refractivity contribution is 5.85. The van der Waals surface area contributed by atoms with Crippen LogP contribution in [0, 0.1) is 17.1 Å². The van der Waals surface area contributed by atoms with Gasteiger partial charge in [-0.15, -0.1) is 0 Å². The first-order valence-electron chi connectivity index (χ1n) is 4.21. The highest BCUT2D eigenvalue weighted by atomic mass is 19.1. The molecule has 0 unspecified atom stereocenters. The van der Waals surface area contributed by atoms with Crippen LogP contribution in [-0.2, 0) is 6.42 Å². The van der Waals surface area contributed by atoms with Gasteiger partial charge in [0.15, 0.2) is 0 Å². The summed E-state index contributed by atoms with van der Waals surface area (Å²) in [6, 6.07) is 6.86. The molecule has 2 rings (SSSR count). The Kier molecular flexibility index (Phi) is 2.11. The zero-order valence-electron chi connectivity index (χ0n) is 7.37. The number of benzene rings is 1. The molecule has 68 valence electrons. The molecule has 3 heteroatoms. The van der Waals surface area contributed by atoms with Crippen molar-refractivity contribution in [2.75, 3.05) is 0 Å². The summed E-state index contributed by atoms with van der Waals surface area (Å²) in [6.45, 7) is 0. The lowest BCUT2D eigenvalue weighted by molar-refractivity contribution is 0.639. The van der Waals surface area contributed by atoms with Crippen LogP contribution in [-0.4, -0.2) is 4.98 Å². The van der Waals surface area contributed by atoms with E-state index in [2.05, 4.69) is 4.98 Å². The van der Waals surface area contributed by atoms with Crippen LogP contribution in [0.15, 0.2) is 30.6 Å². The van der Waals surface area contributed by atoms with Crippen molar-refractivity contribution in [1.82, 2.24) is 4.98 Å². The van der Waals surface area contributed by atoms with Crippen molar-refractivity contribution in [3.63, 3.8) is 0 Å². The minimum Gasteiger partial charge on any atom is -0.264 e. The van der Waals surface area contributed by atoms with E-state index in [9.17, 15) is 4.39 Å². The molecule has 0 saturated carbocycles. The summed E-state index contributed by atoms with van der Waals surface area (Å²) >= 11 is 0. The van der Waals surface area contributed by atoms with Crippen molar-refractivity contribution in [2.24, 2.45) is 0 Å². The maximum atomic E-state index is 13.3. The van der Waals surface area contributed by atoms with E-state index in [4.69, 9.17) is 5.26 Å². The van der Waals surface area contributed by atoms with Crippen molar-refractivity contribution in [3.05, 3.63) is 42.0 Å². The third kappa shape index (κ3) is 1.31. The van der Waals surface area contributed by atoms with Crippen LogP contribution < -0.4 is 0 Å². The number of rotatable bonds is 1. The molecule has 0 bridgehead atoms. The summed E-state index contributed by atoms with van der Waals surface area (Å²) in [4.78, 5) is 3.90. The van der Waals surface area contributed by atoms with Gasteiger partial charge in [-0.1, -0.05) is 12.1 Å². The molecule has 1 aromatic heterocycles. The molecular formula is C11H7FN2. The van der Waals surface area contributed by atoms with Gasteiger partial charge in [-0.25, -0.2) is 4.39 Å². The average Bonchev–Trinajstić information content (AvgIpc) is 2.20. The lowest BCUT2D eigenvalue weighted by Gasteiger charge is -2.02. The van der Waals surface area contributed by atoms with E-state index in [1.54, 1.807) is 18.3 Å². The fourth-order valence-corrected chi connectivity index (χ4v) is 1.45. The lowest BCUT2D eigenvalue weighted by atomic mass is 10.1. The molecule has 0 amide bonds. The second-order valence-corrected chi connectivity index (χ2v) is 2.97. The molecule has 2 nitrogen and oxygen atoms in total. The highest BCUT2D eigenvalue weighted by Gasteiger charge is 2.04. The predicted molar refractivity (Wildman–Crippen MR) is 51.0 cm³/mol. The van der Waals surface area contributed by atoms with Crippen LogP contribution in [0.25, 0.3) is 10.8 Å². The topological polar surface area (TPSA) is 36.7 Å². The van der Waals surface area contributed by atoms with Gasteiger partial charge in [-0.3, -0.25) is 4.98 Å². The number of aromatic nitrogens is 1. The summed E-state index contributed by atoms with van der Waals surface area (Å²) < 4.78 is 13.3. The minimum absolute atomic E-state index is 0.258. The van der Waals surface area contributed by atoms with Gasteiger partial charge in [0, 0.05) is 17.8 Å². The molecule has 0 atom stereocenters. The molecule has 0 aliphatic carbocycles. The highest BCUT2D eigenvalue weighted by Crippen LogP contribution is 2.20. The normalized spacial score (nSPS) is 10.0. The molecule has 1 aromatic carbocycles. The van der Waals surface area contributed by atoms with E-state index >= 15 is 0 Å². The quantitative estimate of drug-likeness (QED) is 0.685. The summed E-state index contributed by atoms with van der Waals surface area (Å²) in [5.41, 5.74) is 0.768. The fourth-order valence-electron chi connectivity index (χ4n) is 1.45. The molecule has 0 N–H and O–H groups in total. The number of hydrogen-bond donors (Lipinski definition) is 0. The molecule has 0 aliphatic rings. The summed E-state index contributed by atoms with van der Waals surface area (Å²) in [5.74, 6) is -0.296. The van der Waals surface area contributed by atoms with Gasteiger partial charge < -0.3 is 0 Å². The van der Waals surface area contributed by atoms with Gasteiger partial charge >= 0.3 is 0 Å². The summed E-state index contributed by atoms with van der Waals surface area (Å²) in [7, 11) is 0. The monoisotopic (exact) mass is 186 g/mol. The van der Waals surface area contributed by atoms with E-state index < -0.39 is 0 Å². The Labute approximate surface area is 80.6 Å². The van der Waals surface area contributed by atoms with Crippen LogP contribution in [0.1, 0.15) is 5.56 Å². The fraction of sp³-hybridized carbons (Fsp3) is 0.0909. The van der Waals surface area contributed by atoms with Crippen molar-refractivity contribution >= 4 is 10.8 Å². The SMILES string of the molecule is N#CCc1cncc2c(F)cccc12. The maximum Gasteiger partial charge on any atom is 0.132 e. The van der Waals surface area contributed by atoms with Crippen LogP contribution in [0.3, 0.4) is 0 Å². The first kappa shape index (κ1) is 8.64. The number of nitrogens with zero attached hydrogens (tertiary/aromatic N) is 2. The number of halogens is 1. The van der Waals surface area contributed by atoms with Gasteiger partial charge in [0.25, 0.3) is 0 Å². The molecule has 0 fully saturated rings. The van der Waals surface area contributed by atoms with E-state index in [-0.39, 0.29) is 12.2 Å². The zero-order chi connectivity index (χ0) is 9.97. The van der Waals surface area contributed by atoms with Gasteiger partial charge in [-0.2, -0.15) is 5.26 Å². The van der Waals surface area contributed by atoms with Crippen molar-refractivity contribution in [1.29, 1.82) is 5.26 Å². The molecule has 1 heterocycles. The van der Waals surface area contributed by atoms with Gasteiger partial charge in [0.1, 0.15) is 5.82 Å². The molecule has 2 aromatic rings. The Morgan fingerprint density at radius 2 is 2.14 bits per heavy atom. The lowest BCUT2D eigenvalue weighted by Crippen LogP contribution is -1.88. The zero-order valence-corrected chi connectivity index (χ0v) is 7.37. The molecule has 0 saturated heterocycles. The van der Waals surface area contributed by atoms with Crippen LogP contribution >= 0.6 is 0 Å². The third-order valence-corrected chi connectivity index (χ3v) is 2.10. The first-order valence-corrected chi connectivity index (χ1v) is 4.21. The molecular weight excluding hydrogens is 179 g/mol. The Morgan fingerprint density at radius 1 is 1.29 bits per heavy atom. The van der Waals surface area contributed by atoms with E-state index in [0.29, 0.717) is 5.39 Å². The Hall–Kier alpha value is -1.95. The van der Waals surface area contributed by atoms with E-state index in [0.717, 1.165) is 10.9 Å². The Balaban J connectivity index is 2.76.